The Balaban J connectivity index is 1.41. The summed E-state index contributed by atoms with van der Waals surface area (Å²) >= 11 is 0. The molecule has 4 aromatic rings. The summed E-state index contributed by atoms with van der Waals surface area (Å²) in [4.78, 5) is 27.2. The van der Waals surface area contributed by atoms with Crippen LogP contribution in [0.1, 0.15) is 27.3 Å². The lowest BCUT2D eigenvalue weighted by Crippen LogP contribution is -2.31. The maximum absolute atomic E-state index is 12.3. The number of H-pyrrole nitrogens is 1. The number of esters is 1. The predicted molar refractivity (Wildman–Crippen MR) is 119 cm³/mol. The minimum absolute atomic E-state index is 0.347. The molecular formula is C24H23N5O2. The van der Waals surface area contributed by atoms with Gasteiger partial charge in [-0.1, -0.05) is 18.2 Å². The molecular weight excluding hydrogens is 390 g/mol. The summed E-state index contributed by atoms with van der Waals surface area (Å²) in [6.45, 7) is 2.23. The van der Waals surface area contributed by atoms with Crippen molar-refractivity contribution in [3.63, 3.8) is 0 Å². The van der Waals surface area contributed by atoms with Crippen LogP contribution < -0.4 is 5.73 Å². The van der Waals surface area contributed by atoms with Crippen molar-refractivity contribution in [3.05, 3.63) is 77.2 Å². The smallest absolute Gasteiger partial charge is 0.354 e. The highest BCUT2D eigenvalue weighted by Gasteiger charge is 2.24. The number of ether oxygens (including phenoxy) is 1. The molecule has 0 saturated carbocycles. The van der Waals surface area contributed by atoms with Crippen molar-refractivity contribution < 1.29 is 9.53 Å². The Kier molecular flexibility index (Phi) is 4.88. The quantitative estimate of drug-likeness (QED) is 0.392. The van der Waals surface area contributed by atoms with Crippen molar-refractivity contribution in [1.29, 1.82) is 0 Å². The van der Waals surface area contributed by atoms with E-state index in [0.29, 0.717) is 12.2 Å². The Hall–Kier alpha value is -3.71. The number of fused-ring (bicyclic) bond motifs is 2. The Morgan fingerprint density at radius 2 is 2.00 bits per heavy atom. The SMILES string of the molecule is COC(=O)c1[nH]c2ccccc2c1CN1CCc2nc(-c3ccc(N)cc3)ncc2C1. The molecule has 5 rings (SSSR count). The largest absolute Gasteiger partial charge is 0.464 e. The predicted octanol–water partition coefficient (Wildman–Crippen LogP) is 3.55. The third kappa shape index (κ3) is 3.64. The molecule has 1 aliphatic rings. The molecule has 3 N–H and O–H groups in total. The summed E-state index contributed by atoms with van der Waals surface area (Å²) in [5.74, 6) is 0.372. The Morgan fingerprint density at radius 3 is 2.81 bits per heavy atom. The highest BCUT2D eigenvalue weighted by atomic mass is 16.5. The van der Waals surface area contributed by atoms with Gasteiger partial charge in [0.05, 0.1) is 12.8 Å². The number of nitrogens with two attached hydrogens (primary N) is 1. The number of methoxy groups -OCH3 is 1. The molecule has 7 heteroatoms. The number of para-hydroxylation sites is 1. The molecule has 0 radical (unpaired) electrons. The van der Waals surface area contributed by atoms with E-state index in [2.05, 4.69) is 14.9 Å². The number of anilines is 1. The standard InChI is InChI=1S/C24H23N5O2/c1-31-24(30)22-19(18-4-2-3-5-21(18)27-22)14-29-11-10-20-16(13-29)12-26-23(28-20)15-6-8-17(25)9-7-15/h2-9,12,27H,10-11,13-14,25H2,1H3. The molecule has 2 aromatic carbocycles. The first-order valence-electron chi connectivity index (χ1n) is 10.2. The molecule has 0 aliphatic carbocycles. The van der Waals surface area contributed by atoms with Crippen molar-refractivity contribution in [2.45, 2.75) is 19.5 Å². The van der Waals surface area contributed by atoms with Crippen LogP contribution in [0.5, 0.6) is 0 Å². The van der Waals surface area contributed by atoms with Crippen LogP contribution in [0.15, 0.2) is 54.7 Å². The van der Waals surface area contributed by atoms with E-state index in [-0.39, 0.29) is 5.97 Å². The van der Waals surface area contributed by atoms with Crippen molar-refractivity contribution >= 4 is 22.6 Å². The molecule has 0 fully saturated rings. The van der Waals surface area contributed by atoms with Crippen LogP contribution in [0.3, 0.4) is 0 Å². The van der Waals surface area contributed by atoms with Crippen molar-refractivity contribution in [3.8, 4) is 11.4 Å². The fourth-order valence-corrected chi connectivity index (χ4v) is 4.15. The van der Waals surface area contributed by atoms with Crippen LogP contribution >= 0.6 is 0 Å². The third-order valence-electron chi connectivity index (χ3n) is 5.77. The monoisotopic (exact) mass is 413 g/mol. The summed E-state index contributed by atoms with van der Waals surface area (Å²) in [7, 11) is 1.41. The van der Waals surface area contributed by atoms with Gasteiger partial charge in [0.1, 0.15) is 5.69 Å². The molecule has 0 unspecified atom stereocenters. The van der Waals surface area contributed by atoms with E-state index in [1.165, 1.54) is 7.11 Å². The topological polar surface area (TPSA) is 97.1 Å². The fourth-order valence-electron chi connectivity index (χ4n) is 4.15. The van der Waals surface area contributed by atoms with Crippen molar-refractivity contribution in [1.82, 2.24) is 19.9 Å². The highest BCUT2D eigenvalue weighted by Crippen LogP contribution is 2.27. The van der Waals surface area contributed by atoms with E-state index >= 15 is 0 Å². The molecule has 0 bridgehead atoms. The number of nitrogens with zero attached hydrogens (tertiary/aromatic N) is 3. The molecule has 156 valence electrons. The number of carbonyl (C=O) groups excluding carboxylic acids is 1. The second-order valence-corrected chi connectivity index (χ2v) is 7.76. The molecule has 0 spiro atoms. The lowest BCUT2D eigenvalue weighted by atomic mass is 10.0. The fraction of sp³-hybridized carbons (Fsp3) is 0.208. The van der Waals surface area contributed by atoms with E-state index in [0.717, 1.165) is 64.3 Å². The van der Waals surface area contributed by atoms with Gasteiger partial charge in [0.15, 0.2) is 5.82 Å². The van der Waals surface area contributed by atoms with Gasteiger partial charge in [-0.15, -0.1) is 0 Å². The summed E-state index contributed by atoms with van der Waals surface area (Å²) in [6, 6.07) is 15.6. The number of nitrogens with one attached hydrogen (secondary N) is 1. The van der Waals surface area contributed by atoms with Crippen LogP contribution in [0.25, 0.3) is 22.3 Å². The Morgan fingerprint density at radius 1 is 1.19 bits per heavy atom. The van der Waals surface area contributed by atoms with Crippen molar-refractivity contribution in [2.24, 2.45) is 0 Å². The normalized spacial score (nSPS) is 13.8. The molecule has 0 amide bonds. The van der Waals surface area contributed by atoms with E-state index in [9.17, 15) is 4.79 Å². The van der Waals surface area contributed by atoms with Gasteiger partial charge in [-0.2, -0.15) is 0 Å². The zero-order chi connectivity index (χ0) is 21.4. The minimum Gasteiger partial charge on any atom is -0.464 e. The van der Waals surface area contributed by atoms with E-state index in [1.54, 1.807) is 0 Å². The summed E-state index contributed by atoms with van der Waals surface area (Å²) < 4.78 is 5.00. The Bertz CT molecular complexity index is 1260. The molecule has 3 heterocycles. The van der Waals surface area contributed by atoms with Gasteiger partial charge in [-0.05, 0) is 30.3 Å². The number of rotatable bonds is 4. The number of hydrogen-bond acceptors (Lipinski definition) is 6. The van der Waals surface area contributed by atoms with Gasteiger partial charge in [0, 0.05) is 65.5 Å². The average Bonchev–Trinajstić information content (AvgIpc) is 3.17. The summed E-state index contributed by atoms with van der Waals surface area (Å²) in [5.41, 5.74) is 12.1. The van der Waals surface area contributed by atoms with Gasteiger partial charge < -0.3 is 15.5 Å². The van der Waals surface area contributed by atoms with Crippen LogP contribution in [0, 0.1) is 0 Å². The van der Waals surface area contributed by atoms with Crippen LogP contribution in [0.2, 0.25) is 0 Å². The number of carbonyl (C=O) groups is 1. The van der Waals surface area contributed by atoms with Crippen LogP contribution in [0.4, 0.5) is 5.69 Å². The van der Waals surface area contributed by atoms with Crippen LogP contribution in [-0.4, -0.2) is 39.5 Å². The van der Waals surface area contributed by atoms with Gasteiger partial charge in [-0.25, -0.2) is 14.8 Å². The van der Waals surface area contributed by atoms with E-state index in [1.807, 2.05) is 54.7 Å². The number of aromatic amines is 1. The first kappa shape index (κ1) is 19.3. The number of aromatic nitrogens is 3. The van der Waals surface area contributed by atoms with Gasteiger partial charge in [0.25, 0.3) is 0 Å². The summed E-state index contributed by atoms with van der Waals surface area (Å²) in [6.07, 6.45) is 2.74. The molecule has 0 atom stereocenters. The second-order valence-electron chi connectivity index (χ2n) is 7.76. The lowest BCUT2D eigenvalue weighted by Gasteiger charge is -2.28. The van der Waals surface area contributed by atoms with Crippen molar-refractivity contribution in [2.75, 3.05) is 19.4 Å². The zero-order valence-electron chi connectivity index (χ0n) is 17.3. The van der Waals surface area contributed by atoms with Gasteiger partial charge >= 0.3 is 5.97 Å². The molecule has 0 saturated heterocycles. The first-order chi connectivity index (χ1) is 15.1. The minimum atomic E-state index is -0.347. The highest BCUT2D eigenvalue weighted by molar-refractivity contribution is 5.98. The molecule has 31 heavy (non-hydrogen) atoms. The maximum Gasteiger partial charge on any atom is 0.354 e. The molecule has 2 aromatic heterocycles. The third-order valence-corrected chi connectivity index (χ3v) is 5.77. The van der Waals surface area contributed by atoms with Gasteiger partial charge in [-0.3, -0.25) is 4.90 Å². The van der Waals surface area contributed by atoms with Crippen LogP contribution in [-0.2, 0) is 24.2 Å². The maximum atomic E-state index is 12.3. The molecule has 7 nitrogen and oxygen atoms in total. The summed E-state index contributed by atoms with van der Waals surface area (Å²) in [5, 5.41) is 1.05. The van der Waals surface area contributed by atoms with Gasteiger partial charge in [0.2, 0.25) is 0 Å². The van der Waals surface area contributed by atoms with E-state index in [4.69, 9.17) is 15.5 Å². The second kappa shape index (κ2) is 7.85. The number of hydrogen-bond donors (Lipinski definition) is 2. The number of nitrogen functional groups attached to an aromatic ring is 1. The molecule has 1 aliphatic heterocycles. The zero-order valence-corrected chi connectivity index (χ0v) is 17.3. The first-order valence-corrected chi connectivity index (χ1v) is 10.2. The Labute approximate surface area is 179 Å². The van der Waals surface area contributed by atoms with E-state index < -0.39 is 0 Å². The number of benzene rings is 2. The lowest BCUT2D eigenvalue weighted by molar-refractivity contribution is 0.0592. The average molecular weight is 413 g/mol.